The van der Waals surface area contributed by atoms with Gasteiger partial charge in [0.25, 0.3) is 0 Å². The third kappa shape index (κ3) is 1.86. The largest absolute Gasteiger partial charge is 0.449 e. The molecule has 4 heteroatoms. The summed E-state index contributed by atoms with van der Waals surface area (Å²) in [6.45, 7) is 1.77. The number of fused-ring (bicyclic) bond motifs is 1. The van der Waals surface area contributed by atoms with Crippen LogP contribution in [0.4, 0.5) is 10.1 Å². The van der Waals surface area contributed by atoms with Crippen molar-refractivity contribution in [2.75, 3.05) is 5.73 Å². The molecule has 2 aromatic carbocycles. The lowest BCUT2D eigenvalue weighted by Gasteiger charge is -2.05. The first-order valence-electron chi connectivity index (χ1n) is 6.16. The molecule has 0 atom stereocenters. The van der Waals surface area contributed by atoms with Crippen LogP contribution in [-0.2, 0) is 0 Å². The van der Waals surface area contributed by atoms with Crippen molar-refractivity contribution >= 4 is 22.4 Å². The minimum atomic E-state index is -0.481. The van der Waals surface area contributed by atoms with Crippen LogP contribution in [0, 0.1) is 12.7 Å². The second-order valence-corrected chi connectivity index (χ2v) is 4.62. The molecule has 0 fully saturated rings. The van der Waals surface area contributed by atoms with Crippen molar-refractivity contribution in [1.82, 2.24) is 0 Å². The number of nitrogen functional groups attached to an aromatic ring is 1. The standard InChI is InChI=1S/C16H12FNO2/c1-9-11(5-3-7-13(9)18)15(19)14-8-10-4-2-6-12(17)16(10)20-14/h2-8H,18H2,1H3. The van der Waals surface area contributed by atoms with Crippen LogP contribution in [0.5, 0.6) is 0 Å². The number of rotatable bonds is 2. The van der Waals surface area contributed by atoms with Gasteiger partial charge in [0.15, 0.2) is 17.2 Å². The number of carbonyl (C=O) groups is 1. The first kappa shape index (κ1) is 12.4. The fraction of sp³-hybridized carbons (Fsp3) is 0.0625. The third-order valence-corrected chi connectivity index (χ3v) is 3.34. The van der Waals surface area contributed by atoms with Crippen LogP contribution in [-0.4, -0.2) is 5.78 Å². The molecule has 0 saturated carbocycles. The van der Waals surface area contributed by atoms with Crippen LogP contribution in [0.25, 0.3) is 11.0 Å². The summed E-state index contributed by atoms with van der Waals surface area (Å²) in [5.74, 6) is -0.671. The maximum Gasteiger partial charge on any atom is 0.228 e. The van der Waals surface area contributed by atoms with Gasteiger partial charge < -0.3 is 10.2 Å². The van der Waals surface area contributed by atoms with E-state index in [-0.39, 0.29) is 17.1 Å². The van der Waals surface area contributed by atoms with Gasteiger partial charge in [-0.1, -0.05) is 24.3 Å². The van der Waals surface area contributed by atoms with Crippen molar-refractivity contribution in [2.45, 2.75) is 6.92 Å². The molecule has 0 aliphatic rings. The van der Waals surface area contributed by atoms with Gasteiger partial charge in [0.2, 0.25) is 5.78 Å². The number of hydrogen-bond donors (Lipinski definition) is 1. The van der Waals surface area contributed by atoms with Gasteiger partial charge in [-0.05, 0) is 30.7 Å². The maximum absolute atomic E-state index is 13.6. The molecule has 100 valence electrons. The summed E-state index contributed by atoms with van der Waals surface area (Å²) in [4.78, 5) is 12.4. The highest BCUT2D eigenvalue weighted by Crippen LogP contribution is 2.25. The molecule has 1 heterocycles. The van der Waals surface area contributed by atoms with Crippen molar-refractivity contribution in [3.63, 3.8) is 0 Å². The van der Waals surface area contributed by atoms with Crippen molar-refractivity contribution < 1.29 is 13.6 Å². The number of furan rings is 1. The molecule has 0 radical (unpaired) electrons. The van der Waals surface area contributed by atoms with Crippen LogP contribution in [0.1, 0.15) is 21.7 Å². The van der Waals surface area contributed by atoms with E-state index in [1.165, 1.54) is 6.07 Å². The molecule has 3 nitrogen and oxygen atoms in total. The van der Waals surface area contributed by atoms with Gasteiger partial charge in [0, 0.05) is 16.6 Å². The summed E-state index contributed by atoms with van der Waals surface area (Å²) in [6, 6.07) is 11.2. The summed E-state index contributed by atoms with van der Waals surface area (Å²) in [6.07, 6.45) is 0. The number of halogens is 1. The Kier molecular flexibility index (Phi) is 2.79. The quantitative estimate of drug-likeness (QED) is 0.570. The highest BCUT2D eigenvalue weighted by Gasteiger charge is 2.18. The van der Waals surface area contributed by atoms with Crippen LogP contribution in [0.2, 0.25) is 0 Å². The van der Waals surface area contributed by atoms with Gasteiger partial charge >= 0.3 is 0 Å². The highest BCUT2D eigenvalue weighted by atomic mass is 19.1. The molecule has 0 amide bonds. The van der Waals surface area contributed by atoms with Crippen molar-refractivity contribution in [3.05, 3.63) is 65.2 Å². The van der Waals surface area contributed by atoms with Gasteiger partial charge in [-0.15, -0.1) is 0 Å². The normalized spacial score (nSPS) is 10.9. The first-order chi connectivity index (χ1) is 9.58. The van der Waals surface area contributed by atoms with E-state index in [4.69, 9.17) is 10.2 Å². The number of anilines is 1. The van der Waals surface area contributed by atoms with Gasteiger partial charge in [-0.25, -0.2) is 4.39 Å². The number of ketones is 1. The molecule has 0 bridgehead atoms. The lowest BCUT2D eigenvalue weighted by Crippen LogP contribution is -2.04. The van der Waals surface area contributed by atoms with Crippen LogP contribution in [0.3, 0.4) is 0 Å². The van der Waals surface area contributed by atoms with Gasteiger partial charge in [0.1, 0.15) is 0 Å². The Labute approximate surface area is 114 Å². The molecule has 0 aliphatic carbocycles. The molecular formula is C16H12FNO2. The minimum Gasteiger partial charge on any atom is -0.449 e. The zero-order chi connectivity index (χ0) is 14.3. The highest BCUT2D eigenvalue weighted by molar-refractivity contribution is 6.10. The molecule has 0 aliphatic heterocycles. The lowest BCUT2D eigenvalue weighted by atomic mass is 10.0. The molecule has 2 N–H and O–H groups in total. The van der Waals surface area contributed by atoms with E-state index >= 15 is 0 Å². The number of para-hydroxylation sites is 1. The summed E-state index contributed by atoms with van der Waals surface area (Å²) in [7, 11) is 0. The summed E-state index contributed by atoms with van der Waals surface area (Å²) in [5.41, 5.74) is 7.58. The predicted molar refractivity (Wildman–Crippen MR) is 75.2 cm³/mol. The Morgan fingerprint density at radius 3 is 2.70 bits per heavy atom. The Morgan fingerprint density at radius 2 is 1.95 bits per heavy atom. The molecule has 0 unspecified atom stereocenters. The molecule has 20 heavy (non-hydrogen) atoms. The number of carbonyl (C=O) groups excluding carboxylic acids is 1. The van der Waals surface area contributed by atoms with E-state index in [9.17, 15) is 9.18 Å². The van der Waals surface area contributed by atoms with Crippen molar-refractivity contribution in [2.24, 2.45) is 0 Å². The van der Waals surface area contributed by atoms with E-state index in [2.05, 4.69) is 0 Å². The third-order valence-electron chi connectivity index (χ3n) is 3.34. The maximum atomic E-state index is 13.6. The summed E-state index contributed by atoms with van der Waals surface area (Å²) < 4.78 is 18.9. The zero-order valence-electron chi connectivity index (χ0n) is 10.8. The van der Waals surface area contributed by atoms with E-state index in [1.807, 2.05) is 0 Å². The predicted octanol–water partition coefficient (Wildman–Crippen LogP) is 3.69. The molecule has 3 rings (SSSR count). The smallest absolute Gasteiger partial charge is 0.228 e. The Bertz CT molecular complexity index is 820. The first-order valence-corrected chi connectivity index (χ1v) is 6.16. The van der Waals surface area contributed by atoms with Crippen molar-refractivity contribution in [1.29, 1.82) is 0 Å². The van der Waals surface area contributed by atoms with E-state index in [0.717, 1.165) is 0 Å². The number of benzene rings is 2. The van der Waals surface area contributed by atoms with E-state index in [1.54, 1.807) is 43.3 Å². The minimum absolute atomic E-state index is 0.0948. The molecule has 1 aromatic heterocycles. The van der Waals surface area contributed by atoms with Crippen LogP contribution < -0.4 is 5.73 Å². The van der Waals surface area contributed by atoms with Gasteiger partial charge in [-0.3, -0.25) is 4.79 Å². The Morgan fingerprint density at radius 1 is 1.20 bits per heavy atom. The molecular weight excluding hydrogens is 257 g/mol. The summed E-state index contributed by atoms with van der Waals surface area (Å²) in [5, 5.41) is 0.565. The monoisotopic (exact) mass is 269 g/mol. The fourth-order valence-electron chi connectivity index (χ4n) is 2.17. The van der Waals surface area contributed by atoms with Crippen molar-refractivity contribution in [3.8, 4) is 0 Å². The zero-order valence-corrected chi connectivity index (χ0v) is 10.8. The van der Waals surface area contributed by atoms with Crippen LogP contribution >= 0.6 is 0 Å². The average Bonchev–Trinajstić information content (AvgIpc) is 2.87. The summed E-state index contributed by atoms with van der Waals surface area (Å²) >= 11 is 0. The second kappa shape index (κ2) is 4.49. The molecule has 0 spiro atoms. The molecule has 0 saturated heterocycles. The SMILES string of the molecule is Cc1c(N)cccc1C(=O)c1cc2cccc(F)c2o1. The van der Waals surface area contributed by atoms with E-state index < -0.39 is 5.82 Å². The van der Waals surface area contributed by atoms with E-state index in [0.29, 0.717) is 22.2 Å². The number of hydrogen-bond acceptors (Lipinski definition) is 3. The average molecular weight is 269 g/mol. The lowest BCUT2D eigenvalue weighted by molar-refractivity contribution is 0.101. The Hall–Kier alpha value is -2.62. The molecule has 3 aromatic rings. The van der Waals surface area contributed by atoms with Gasteiger partial charge in [-0.2, -0.15) is 0 Å². The topological polar surface area (TPSA) is 56.2 Å². The Balaban J connectivity index is 2.13. The van der Waals surface area contributed by atoms with Crippen LogP contribution in [0.15, 0.2) is 46.9 Å². The second-order valence-electron chi connectivity index (χ2n) is 4.62. The fourth-order valence-corrected chi connectivity index (χ4v) is 2.17. The van der Waals surface area contributed by atoms with Gasteiger partial charge in [0.05, 0.1) is 0 Å². The number of nitrogens with two attached hydrogens (primary N) is 1.